The second-order valence-electron chi connectivity index (χ2n) is 4.83. The van der Waals surface area contributed by atoms with Gasteiger partial charge in [-0.2, -0.15) is 0 Å². The summed E-state index contributed by atoms with van der Waals surface area (Å²) in [7, 11) is 0. The Balaban J connectivity index is 1.83. The number of rotatable bonds is 8. The number of thiazole rings is 1. The summed E-state index contributed by atoms with van der Waals surface area (Å²) < 4.78 is 0. The third-order valence-corrected chi connectivity index (χ3v) is 4.14. The number of aryl methyl sites for hydroxylation is 1. The molecule has 0 fully saturated rings. The number of hydrogen-bond donors (Lipinski definition) is 1. The highest BCUT2D eigenvalue weighted by molar-refractivity contribution is 7.09. The molecular weight excluding hydrogens is 282 g/mol. The van der Waals surface area contributed by atoms with Crippen LogP contribution >= 0.6 is 11.3 Å². The van der Waals surface area contributed by atoms with Crippen molar-refractivity contribution in [1.82, 2.24) is 9.88 Å². The van der Waals surface area contributed by atoms with Crippen LogP contribution in [0.3, 0.4) is 0 Å². The van der Waals surface area contributed by atoms with E-state index in [1.807, 2.05) is 28.5 Å². The monoisotopic (exact) mass is 303 g/mol. The first-order valence-electron chi connectivity index (χ1n) is 7.19. The third-order valence-electron chi connectivity index (χ3n) is 3.30. The van der Waals surface area contributed by atoms with E-state index in [1.54, 1.807) is 17.5 Å². The zero-order valence-corrected chi connectivity index (χ0v) is 12.9. The minimum atomic E-state index is 0.159. The van der Waals surface area contributed by atoms with Gasteiger partial charge in [0.05, 0.1) is 5.01 Å². The van der Waals surface area contributed by atoms with Gasteiger partial charge in [-0.3, -0.25) is 4.79 Å². The number of nitrogens with two attached hydrogens (primary N) is 1. The van der Waals surface area contributed by atoms with Crippen LogP contribution in [0, 0.1) is 0 Å². The molecular formula is C16H21N3OS. The third kappa shape index (κ3) is 5.28. The van der Waals surface area contributed by atoms with E-state index in [4.69, 9.17) is 5.73 Å². The first-order chi connectivity index (χ1) is 10.3. The van der Waals surface area contributed by atoms with Crippen molar-refractivity contribution in [3.05, 3.63) is 52.5 Å². The molecule has 2 aromatic rings. The van der Waals surface area contributed by atoms with Gasteiger partial charge in [0.15, 0.2) is 0 Å². The summed E-state index contributed by atoms with van der Waals surface area (Å²) in [5.74, 6) is 0.159. The fraction of sp³-hybridized carbons (Fsp3) is 0.375. The van der Waals surface area contributed by atoms with Crippen molar-refractivity contribution in [2.45, 2.75) is 19.3 Å². The Morgan fingerprint density at radius 1 is 1.19 bits per heavy atom. The molecule has 0 spiro atoms. The van der Waals surface area contributed by atoms with Crippen LogP contribution in [0.25, 0.3) is 0 Å². The topological polar surface area (TPSA) is 59.2 Å². The number of nitrogens with zero attached hydrogens (tertiary/aromatic N) is 2. The molecule has 112 valence electrons. The van der Waals surface area contributed by atoms with Crippen molar-refractivity contribution in [2.24, 2.45) is 5.73 Å². The van der Waals surface area contributed by atoms with Gasteiger partial charge in [0.25, 0.3) is 0 Å². The zero-order chi connectivity index (χ0) is 14.9. The maximum atomic E-state index is 12.3. The summed E-state index contributed by atoms with van der Waals surface area (Å²) in [4.78, 5) is 18.4. The number of hydrogen-bond acceptors (Lipinski definition) is 4. The van der Waals surface area contributed by atoms with Crippen molar-refractivity contribution in [1.29, 1.82) is 0 Å². The van der Waals surface area contributed by atoms with Crippen molar-refractivity contribution in [3.63, 3.8) is 0 Å². The van der Waals surface area contributed by atoms with E-state index in [0.717, 1.165) is 18.0 Å². The molecule has 0 aliphatic carbocycles. The molecule has 1 aromatic carbocycles. The molecule has 21 heavy (non-hydrogen) atoms. The number of aromatic nitrogens is 1. The Morgan fingerprint density at radius 3 is 2.67 bits per heavy atom. The van der Waals surface area contributed by atoms with Crippen molar-refractivity contribution in [3.8, 4) is 0 Å². The minimum Gasteiger partial charge on any atom is -0.341 e. The first-order valence-corrected chi connectivity index (χ1v) is 8.07. The van der Waals surface area contributed by atoms with Gasteiger partial charge in [-0.15, -0.1) is 11.3 Å². The van der Waals surface area contributed by atoms with Crippen LogP contribution < -0.4 is 5.73 Å². The lowest BCUT2D eigenvalue weighted by atomic mass is 10.1. The molecule has 1 amide bonds. The molecule has 0 radical (unpaired) electrons. The van der Waals surface area contributed by atoms with Gasteiger partial charge in [0.2, 0.25) is 5.91 Å². The van der Waals surface area contributed by atoms with Crippen LogP contribution in [-0.4, -0.2) is 35.4 Å². The minimum absolute atomic E-state index is 0.159. The molecule has 0 bridgehead atoms. The number of carbonyl (C=O) groups is 1. The normalized spacial score (nSPS) is 10.5. The lowest BCUT2D eigenvalue weighted by Gasteiger charge is -2.22. The second-order valence-corrected chi connectivity index (χ2v) is 5.81. The van der Waals surface area contributed by atoms with Crippen LogP contribution in [0.1, 0.15) is 17.0 Å². The van der Waals surface area contributed by atoms with E-state index in [1.165, 1.54) is 5.56 Å². The van der Waals surface area contributed by atoms with Gasteiger partial charge in [0, 0.05) is 44.1 Å². The molecule has 0 aliphatic rings. The summed E-state index contributed by atoms with van der Waals surface area (Å²) in [6.07, 6.45) is 3.85. The van der Waals surface area contributed by atoms with Crippen molar-refractivity contribution >= 4 is 17.2 Å². The quantitative estimate of drug-likeness (QED) is 0.812. The molecule has 2 N–H and O–H groups in total. The van der Waals surface area contributed by atoms with Gasteiger partial charge in [0.1, 0.15) is 0 Å². The molecule has 2 rings (SSSR count). The van der Waals surface area contributed by atoms with Gasteiger partial charge in [-0.25, -0.2) is 4.98 Å². The van der Waals surface area contributed by atoms with Gasteiger partial charge >= 0.3 is 0 Å². The molecule has 0 unspecified atom stereocenters. The predicted octanol–water partition coefficient (Wildman–Crippen LogP) is 2.11. The van der Waals surface area contributed by atoms with Crippen LogP contribution in [-0.2, 0) is 17.6 Å². The summed E-state index contributed by atoms with van der Waals surface area (Å²) in [5, 5.41) is 2.95. The highest BCUT2D eigenvalue weighted by Crippen LogP contribution is 2.09. The highest BCUT2D eigenvalue weighted by Gasteiger charge is 2.13. The SMILES string of the molecule is NCCN(CCc1ccccc1)C(=O)CCc1nccs1. The van der Waals surface area contributed by atoms with Gasteiger partial charge < -0.3 is 10.6 Å². The van der Waals surface area contributed by atoms with Crippen LogP contribution in [0.4, 0.5) is 0 Å². The van der Waals surface area contributed by atoms with E-state index in [9.17, 15) is 4.79 Å². The molecule has 0 atom stereocenters. The average molecular weight is 303 g/mol. The Labute approximate surface area is 129 Å². The second kappa shape index (κ2) is 8.54. The lowest BCUT2D eigenvalue weighted by Crippen LogP contribution is -2.37. The van der Waals surface area contributed by atoms with Crippen LogP contribution in [0.15, 0.2) is 41.9 Å². The Morgan fingerprint density at radius 2 is 2.00 bits per heavy atom. The fourth-order valence-corrected chi connectivity index (χ4v) is 2.79. The Hall–Kier alpha value is -1.72. The number of amides is 1. The molecule has 0 aliphatic heterocycles. The highest BCUT2D eigenvalue weighted by atomic mass is 32.1. The molecule has 0 saturated carbocycles. The summed E-state index contributed by atoms with van der Waals surface area (Å²) >= 11 is 1.59. The van der Waals surface area contributed by atoms with Gasteiger partial charge in [-0.1, -0.05) is 30.3 Å². The van der Waals surface area contributed by atoms with E-state index in [-0.39, 0.29) is 5.91 Å². The standard InChI is InChI=1S/C16H21N3OS/c17-9-12-19(11-8-14-4-2-1-3-5-14)16(20)7-6-15-18-10-13-21-15/h1-5,10,13H,6-9,11-12,17H2. The van der Waals surface area contributed by atoms with Crippen LogP contribution in [0.5, 0.6) is 0 Å². The molecule has 5 heteroatoms. The summed E-state index contributed by atoms with van der Waals surface area (Å²) in [6, 6.07) is 10.2. The molecule has 4 nitrogen and oxygen atoms in total. The average Bonchev–Trinajstić information content (AvgIpc) is 3.03. The van der Waals surface area contributed by atoms with Crippen molar-refractivity contribution < 1.29 is 4.79 Å². The van der Waals surface area contributed by atoms with Crippen LogP contribution in [0.2, 0.25) is 0 Å². The molecule has 1 heterocycles. The van der Waals surface area contributed by atoms with E-state index >= 15 is 0 Å². The van der Waals surface area contributed by atoms with Gasteiger partial charge in [-0.05, 0) is 12.0 Å². The fourth-order valence-electron chi connectivity index (χ4n) is 2.17. The summed E-state index contributed by atoms with van der Waals surface area (Å²) in [6.45, 7) is 1.83. The smallest absolute Gasteiger partial charge is 0.223 e. The van der Waals surface area contributed by atoms with E-state index in [0.29, 0.717) is 25.9 Å². The number of benzene rings is 1. The lowest BCUT2D eigenvalue weighted by molar-refractivity contribution is -0.131. The molecule has 0 saturated heterocycles. The first kappa shape index (κ1) is 15.7. The Bertz CT molecular complexity index is 528. The maximum absolute atomic E-state index is 12.3. The number of carbonyl (C=O) groups excluding carboxylic acids is 1. The van der Waals surface area contributed by atoms with E-state index < -0.39 is 0 Å². The Kier molecular flexibility index (Phi) is 6.37. The molecule has 1 aromatic heterocycles. The largest absolute Gasteiger partial charge is 0.341 e. The van der Waals surface area contributed by atoms with E-state index in [2.05, 4.69) is 17.1 Å². The van der Waals surface area contributed by atoms with Crippen molar-refractivity contribution in [2.75, 3.05) is 19.6 Å². The zero-order valence-electron chi connectivity index (χ0n) is 12.1. The maximum Gasteiger partial charge on any atom is 0.223 e. The summed E-state index contributed by atoms with van der Waals surface area (Å²) in [5.41, 5.74) is 6.87. The predicted molar refractivity (Wildman–Crippen MR) is 86.2 cm³/mol.